The smallest absolute Gasteiger partial charge is 0.226 e. The van der Waals surface area contributed by atoms with E-state index in [4.69, 9.17) is 5.14 Å². The molecule has 146 valence electrons. The van der Waals surface area contributed by atoms with E-state index in [1.807, 2.05) is 5.38 Å². The number of nitrogens with zero attached hydrogens (tertiary/aromatic N) is 2. The second-order valence-electron chi connectivity index (χ2n) is 6.65. The molecule has 1 aliphatic rings. The Balaban J connectivity index is 1.45. The number of nitrogens with one attached hydrogen (secondary N) is 2. The maximum Gasteiger partial charge on any atom is 0.226 e. The number of rotatable bonds is 10. The number of aromatic nitrogens is 1. The van der Waals surface area contributed by atoms with E-state index in [0.717, 1.165) is 62.3 Å². The molecule has 8 heteroatoms. The molecular weight excluding hydrogens is 378 g/mol. The first-order valence-electron chi connectivity index (χ1n) is 9.45. The molecule has 0 aliphatic carbocycles. The van der Waals surface area contributed by atoms with E-state index >= 15 is 0 Å². The van der Waals surface area contributed by atoms with Gasteiger partial charge in [-0.15, -0.1) is 11.3 Å². The third-order valence-corrected chi connectivity index (χ3v) is 5.78. The number of anilines is 2. The van der Waals surface area contributed by atoms with Crippen LogP contribution in [-0.4, -0.2) is 30.5 Å². The SMILES string of the molecule is NSNCCCCCC(=O)Nc1nc(-c2ccc(N3CCCC3)cc2)cs1. The van der Waals surface area contributed by atoms with E-state index in [2.05, 4.69) is 44.2 Å². The standard InChI is InChI=1S/C19H27N5OS2/c20-27-21-11-3-1-2-6-18(25)23-19-22-17(14-26-19)15-7-9-16(10-8-15)24-12-4-5-13-24/h7-10,14,21H,1-6,11-13,20H2,(H,22,23,25). The average Bonchev–Trinajstić information content (AvgIpc) is 3.37. The van der Waals surface area contributed by atoms with E-state index in [-0.39, 0.29) is 5.91 Å². The van der Waals surface area contributed by atoms with E-state index in [1.165, 1.54) is 29.9 Å². The largest absolute Gasteiger partial charge is 0.372 e. The second-order valence-corrected chi connectivity index (χ2v) is 8.03. The fraction of sp³-hybridized carbons (Fsp3) is 0.474. The van der Waals surface area contributed by atoms with Gasteiger partial charge in [0.1, 0.15) is 0 Å². The molecule has 27 heavy (non-hydrogen) atoms. The molecule has 0 atom stereocenters. The average molecular weight is 406 g/mol. The van der Waals surface area contributed by atoms with Crippen molar-refractivity contribution >= 4 is 40.2 Å². The molecule has 0 bridgehead atoms. The highest BCUT2D eigenvalue weighted by Gasteiger charge is 2.13. The third-order valence-electron chi connectivity index (χ3n) is 4.65. The van der Waals surface area contributed by atoms with E-state index in [9.17, 15) is 4.79 Å². The van der Waals surface area contributed by atoms with Gasteiger partial charge >= 0.3 is 0 Å². The van der Waals surface area contributed by atoms with Gasteiger partial charge in [-0.2, -0.15) is 0 Å². The van der Waals surface area contributed by atoms with Gasteiger partial charge in [-0.05, 0) is 37.8 Å². The Bertz CT molecular complexity index is 713. The molecule has 1 aliphatic heterocycles. The number of nitrogens with two attached hydrogens (primary N) is 1. The fourth-order valence-corrected chi connectivity index (χ4v) is 4.18. The summed E-state index contributed by atoms with van der Waals surface area (Å²) in [5, 5.41) is 10.9. The first-order valence-corrected chi connectivity index (χ1v) is 11.2. The summed E-state index contributed by atoms with van der Waals surface area (Å²) < 4.78 is 3.00. The topological polar surface area (TPSA) is 83.3 Å². The summed E-state index contributed by atoms with van der Waals surface area (Å²) in [5.41, 5.74) is 3.27. The van der Waals surface area contributed by atoms with Crippen LogP contribution in [-0.2, 0) is 4.79 Å². The minimum absolute atomic E-state index is 0.0291. The molecule has 0 spiro atoms. The maximum atomic E-state index is 12.0. The Kier molecular flexibility index (Phi) is 7.94. The van der Waals surface area contributed by atoms with Crippen LogP contribution in [0.4, 0.5) is 10.8 Å². The van der Waals surface area contributed by atoms with Crippen LogP contribution in [0.15, 0.2) is 29.6 Å². The van der Waals surface area contributed by atoms with Crippen molar-refractivity contribution in [3.05, 3.63) is 29.6 Å². The number of unbranched alkanes of at least 4 members (excludes halogenated alkanes) is 2. The normalized spacial score (nSPS) is 13.9. The van der Waals surface area contributed by atoms with E-state index < -0.39 is 0 Å². The van der Waals surface area contributed by atoms with Crippen molar-refractivity contribution in [1.82, 2.24) is 9.71 Å². The van der Waals surface area contributed by atoms with E-state index in [1.54, 1.807) is 0 Å². The van der Waals surface area contributed by atoms with Gasteiger partial charge in [0.2, 0.25) is 5.91 Å². The molecule has 0 radical (unpaired) electrons. The molecule has 0 saturated carbocycles. The van der Waals surface area contributed by atoms with Gasteiger partial charge in [-0.3, -0.25) is 14.7 Å². The molecule has 2 heterocycles. The molecule has 0 unspecified atom stereocenters. The molecule has 2 aromatic rings. The third kappa shape index (κ3) is 6.21. The fourth-order valence-electron chi connectivity index (χ4n) is 3.18. The zero-order valence-corrected chi connectivity index (χ0v) is 17.1. The number of hydrogen-bond donors (Lipinski definition) is 3. The summed E-state index contributed by atoms with van der Waals surface area (Å²) in [4.78, 5) is 19.0. The lowest BCUT2D eigenvalue weighted by Crippen LogP contribution is -2.17. The Morgan fingerprint density at radius 2 is 1.96 bits per heavy atom. The van der Waals surface area contributed by atoms with Crippen LogP contribution in [0, 0.1) is 0 Å². The molecule has 1 aromatic carbocycles. The molecule has 3 rings (SSSR count). The van der Waals surface area contributed by atoms with Gasteiger partial charge < -0.3 is 10.2 Å². The van der Waals surface area contributed by atoms with Crippen LogP contribution in [0.1, 0.15) is 38.5 Å². The number of hydrogen-bond acceptors (Lipinski definition) is 7. The molecule has 4 N–H and O–H groups in total. The maximum absolute atomic E-state index is 12.0. The van der Waals surface area contributed by atoms with Crippen molar-refractivity contribution in [2.45, 2.75) is 38.5 Å². The second kappa shape index (κ2) is 10.7. The predicted octanol–water partition coefficient (Wildman–Crippen LogP) is 4.02. The summed E-state index contributed by atoms with van der Waals surface area (Å²) in [6.45, 7) is 3.17. The summed E-state index contributed by atoms with van der Waals surface area (Å²) in [6.07, 6.45) is 5.98. The van der Waals surface area contributed by atoms with Crippen molar-refractivity contribution in [3.8, 4) is 11.3 Å². The number of carbonyl (C=O) groups excluding carboxylic acids is 1. The van der Waals surface area contributed by atoms with Crippen molar-refractivity contribution in [2.24, 2.45) is 5.14 Å². The lowest BCUT2D eigenvalue weighted by molar-refractivity contribution is -0.116. The lowest BCUT2D eigenvalue weighted by Gasteiger charge is -2.17. The molecule has 1 saturated heterocycles. The van der Waals surface area contributed by atoms with Crippen LogP contribution in [0.5, 0.6) is 0 Å². The summed E-state index contributed by atoms with van der Waals surface area (Å²) in [5.74, 6) is 0.0291. The highest BCUT2D eigenvalue weighted by Crippen LogP contribution is 2.28. The van der Waals surface area contributed by atoms with Crippen LogP contribution in [0.3, 0.4) is 0 Å². The van der Waals surface area contributed by atoms with Gasteiger partial charge in [-0.1, -0.05) is 18.6 Å². The number of benzene rings is 1. The summed E-state index contributed by atoms with van der Waals surface area (Å²) in [6, 6.07) is 8.55. The molecule has 1 fully saturated rings. The number of amides is 1. The van der Waals surface area contributed by atoms with Gasteiger partial charge in [0, 0.05) is 54.8 Å². The van der Waals surface area contributed by atoms with Crippen LogP contribution in [0.2, 0.25) is 0 Å². The molecule has 1 amide bonds. The van der Waals surface area contributed by atoms with Crippen molar-refractivity contribution in [1.29, 1.82) is 0 Å². The number of thiazole rings is 1. The van der Waals surface area contributed by atoms with Gasteiger partial charge in [-0.25, -0.2) is 4.98 Å². The minimum atomic E-state index is 0.0291. The van der Waals surface area contributed by atoms with E-state index in [0.29, 0.717) is 11.6 Å². The Morgan fingerprint density at radius 3 is 2.70 bits per heavy atom. The minimum Gasteiger partial charge on any atom is -0.372 e. The van der Waals surface area contributed by atoms with Crippen LogP contribution in [0.25, 0.3) is 11.3 Å². The van der Waals surface area contributed by atoms with Crippen molar-refractivity contribution < 1.29 is 4.79 Å². The van der Waals surface area contributed by atoms with Crippen LogP contribution >= 0.6 is 23.5 Å². The van der Waals surface area contributed by atoms with Crippen molar-refractivity contribution in [2.75, 3.05) is 29.9 Å². The first-order chi connectivity index (χ1) is 13.3. The lowest BCUT2D eigenvalue weighted by atomic mass is 10.1. The highest BCUT2D eigenvalue weighted by atomic mass is 32.2. The molecule has 1 aromatic heterocycles. The van der Waals surface area contributed by atoms with Crippen LogP contribution < -0.4 is 20.1 Å². The Hall–Kier alpha value is -1.61. The molecule has 6 nitrogen and oxygen atoms in total. The monoisotopic (exact) mass is 405 g/mol. The quantitative estimate of drug-likeness (QED) is 0.409. The van der Waals surface area contributed by atoms with Gasteiger partial charge in [0.05, 0.1) is 5.69 Å². The predicted molar refractivity (Wildman–Crippen MR) is 116 cm³/mol. The summed E-state index contributed by atoms with van der Waals surface area (Å²) >= 11 is 2.61. The zero-order chi connectivity index (χ0) is 18.9. The Labute approximate surface area is 169 Å². The Morgan fingerprint density at radius 1 is 1.19 bits per heavy atom. The molecular formula is C19H27N5OS2. The van der Waals surface area contributed by atoms with Gasteiger partial charge in [0.15, 0.2) is 5.13 Å². The van der Waals surface area contributed by atoms with Crippen molar-refractivity contribution in [3.63, 3.8) is 0 Å². The van der Waals surface area contributed by atoms with Gasteiger partial charge in [0.25, 0.3) is 0 Å². The first kappa shape index (κ1) is 20.1. The summed E-state index contributed by atoms with van der Waals surface area (Å²) in [7, 11) is 0. The zero-order valence-electron chi connectivity index (χ0n) is 15.4. The number of carbonyl (C=O) groups is 1. The highest BCUT2D eigenvalue weighted by molar-refractivity contribution is 7.95.